The van der Waals surface area contributed by atoms with Gasteiger partial charge in [0.05, 0.1) is 15.1 Å². The molecule has 0 spiro atoms. The summed E-state index contributed by atoms with van der Waals surface area (Å²) in [5, 5.41) is 3.81. The molecule has 3 aromatic rings. The van der Waals surface area contributed by atoms with Gasteiger partial charge in [-0.25, -0.2) is 17.8 Å². The van der Waals surface area contributed by atoms with E-state index in [4.69, 9.17) is 0 Å². The van der Waals surface area contributed by atoms with Crippen molar-refractivity contribution in [2.45, 2.75) is 4.90 Å². The number of hydrogen-bond donors (Lipinski definition) is 1. The third-order valence-corrected chi connectivity index (χ3v) is 9.04. The van der Waals surface area contributed by atoms with E-state index in [2.05, 4.69) is 33.3 Å². The largest absolute Gasteiger partial charge is 0.351 e. The maximum atomic E-state index is 13.5. The van der Waals surface area contributed by atoms with Gasteiger partial charge in [-0.3, -0.25) is 9.69 Å². The maximum Gasteiger partial charge on any atom is 0.251 e. The standard InChI is InChI=1S/C26H30FN5O3S2/c1-3-12-32(13-4-2)37(34,35)22-8-5-20(6-9-22)25(33)28-11-14-30-15-17-31(18-16-30)26-29-23-10-7-21(27)19-24(23)36-26/h3-10,19H,1-2,11-18H2,(H,28,33). The summed E-state index contributed by atoms with van der Waals surface area (Å²) in [6.45, 7) is 12.0. The van der Waals surface area contributed by atoms with E-state index >= 15 is 0 Å². The lowest BCUT2D eigenvalue weighted by Gasteiger charge is -2.34. The first-order valence-corrected chi connectivity index (χ1v) is 14.2. The Kier molecular flexibility index (Phi) is 8.70. The van der Waals surface area contributed by atoms with Crippen LogP contribution in [0.1, 0.15) is 10.4 Å². The molecule has 1 aliphatic rings. The highest BCUT2D eigenvalue weighted by Gasteiger charge is 2.23. The van der Waals surface area contributed by atoms with E-state index in [1.807, 2.05) is 0 Å². The van der Waals surface area contributed by atoms with Crippen LogP contribution in [0.25, 0.3) is 10.2 Å². The minimum atomic E-state index is -3.71. The first-order valence-electron chi connectivity index (χ1n) is 12.0. The number of carbonyl (C=O) groups excluding carboxylic acids is 1. The zero-order chi connectivity index (χ0) is 26.4. The smallest absolute Gasteiger partial charge is 0.251 e. The second-order valence-electron chi connectivity index (χ2n) is 8.62. The van der Waals surface area contributed by atoms with Gasteiger partial charge in [-0.05, 0) is 42.5 Å². The van der Waals surface area contributed by atoms with Crippen LogP contribution < -0.4 is 10.2 Å². The highest BCUT2D eigenvalue weighted by molar-refractivity contribution is 7.89. The predicted molar refractivity (Wildman–Crippen MR) is 146 cm³/mol. The first kappa shape index (κ1) is 26.9. The van der Waals surface area contributed by atoms with Crippen molar-refractivity contribution < 1.29 is 17.6 Å². The van der Waals surface area contributed by atoms with Crippen LogP contribution in [0.2, 0.25) is 0 Å². The van der Waals surface area contributed by atoms with Gasteiger partial charge in [0.25, 0.3) is 5.91 Å². The summed E-state index contributed by atoms with van der Waals surface area (Å²) in [5.74, 6) is -0.507. The van der Waals surface area contributed by atoms with Gasteiger partial charge in [-0.15, -0.1) is 13.2 Å². The van der Waals surface area contributed by atoms with Crippen LogP contribution in [0.15, 0.2) is 72.7 Å². The van der Waals surface area contributed by atoms with Crippen LogP contribution in [0.5, 0.6) is 0 Å². The molecular weight excluding hydrogens is 513 g/mol. The van der Waals surface area contributed by atoms with E-state index < -0.39 is 10.0 Å². The molecule has 1 saturated heterocycles. The van der Waals surface area contributed by atoms with Gasteiger partial charge >= 0.3 is 0 Å². The molecule has 196 valence electrons. The number of fused-ring (bicyclic) bond motifs is 1. The van der Waals surface area contributed by atoms with Crippen LogP contribution in [0, 0.1) is 5.82 Å². The molecule has 1 amide bonds. The quantitative estimate of drug-likeness (QED) is 0.374. The molecule has 0 radical (unpaired) electrons. The van der Waals surface area contributed by atoms with E-state index in [0.29, 0.717) is 18.7 Å². The number of hydrogen-bond acceptors (Lipinski definition) is 7. The molecule has 4 rings (SSSR count). The highest BCUT2D eigenvalue weighted by Crippen LogP contribution is 2.29. The summed E-state index contributed by atoms with van der Waals surface area (Å²) in [6, 6.07) is 10.6. The number of aromatic nitrogens is 1. The van der Waals surface area contributed by atoms with Crippen molar-refractivity contribution in [2.75, 3.05) is 57.3 Å². The van der Waals surface area contributed by atoms with Crippen LogP contribution >= 0.6 is 11.3 Å². The molecule has 1 fully saturated rings. The van der Waals surface area contributed by atoms with Gasteiger partial charge in [0, 0.05) is 57.9 Å². The average Bonchev–Trinajstić information content (AvgIpc) is 3.32. The predicted octanol–water partition coefficient (Wildman–Crippen LogP) is 3.35. The number of anilines is 1. The number of carbonyl (C=O) groups is 1. The van der Waals surface area contributed by atoms with Crippen molar-refractivity contribution >= 4 is 42.6 Å². The van der Waals surface area contributed by atoms with Gasteiger partial charge in [-0.1, -0.05) is 23.5 Å². The van der Waals surface area contributed by atoms with Crippen molar-refractivity contribution in [3.63, 3.8) is 0 Å². The molecule has 11 heteroatoms. The van der Waals surface area contributed by atoms with Gasteiger partial charge in [0.1, 0.15) is 5.82 Å². The Morgan fingerprint density at radius 2 is 1.76 bits per heavy atom. The van der Waals surface area contributed by atoms with E-state index in [9.17, 15) is 17.6 Å². The third-order valence-electron chi connectivity index (χ3n) is 6.12. The Morgan fingerprint density at radius 3 is 2.41 bits per heavy atom. The summed E-state index contributed by atoms with van der Waals surface area (Å²) in [4.78, 5) is 21.8. The second-order valence-corrected chi connectivity index (χ2v) is 11.6. The number of rotatable bonds is 11. The van der Waals surface area contributed by atoms with Crippen LogP contribution in [-0.4, -0.2) is 80.9 Å². The summed E-state index contributed by atoms with van der Waals surface area (Å²) in [5.41, 5.74) is 1.21. The third kappa shape index (κ3) is 6.42. The Morgan fingerprint density at radius 1 is 1.08 bits per heavy atom. The number of nitrogens with one attached hydrogen (secondary N) is 1. The van der Waals surface area contributed by atoms with Gasteiger partial charge < -0.3 is 10.2 Å². The zero-order valence-electron chi connectivity index (χ0n) is 20.5. The summed E-state index contributed by atoms with van der Waals surface area (Å²) < 4.78 is 41.2. The lowest BCUT2D eigenvalue weighted by atomic mass is 10.2. The van der Waals surface area contributed by atoms with Crippen LogP contribution in [0.3, 0.4) is 0 Å². The molecular formula is C26H30FN5O3S2. The Hall–Kier alpha value is -3.12. The van der Waals surface area contributed by atoms with E-state index in [-0.39, 0.29) is 29.7 Å². The van der Waals surface area contributed by atoms with Gasteiger partial charge in [-0.2, -0.15) is 4.31 Å². The summed E-state index contributed by atoms with van der Waals surface area (Å²) >= 11 is 1.50. The number of benzene rings is 2. The number of thiazole rings is 1. The normalized spacial score (nSPS) is 14.7. The molecule has 0 atom stereocenters. The molecule has 0 saturated carbocycles. The van der Waals surface area contributed by atoms with Crippen molar-refractivity contribution in [1.29, 1.82) is 0 Å². The lowest BCUT2D eigenvalue weighted by Crippen LogP contribution is -2.48. The second kappa shape index (κ2) is 12.0. The SMILES string of the molecule is C=CCN(CC=C)S(=O)(=O)c1ccc(C(=O)NCCN2CCN(c3nc4ccc(F)cc4s3)CC2)cc1. The molecule has 0 unspecified atom stereocenters. The number of sulfonamides is 1. The van der Waals surface area contributed by atoms with Crippen molar-refractivity contribution in [3.05, 3.63) is 79.2 Å². The molecule has 1 aliphatic heterocycles. The summed E-state index contributed by atoms with van der Waals surface area (Å²) in [7, 11) is -3.71. The number of piperazine rings is 1. The minimum absolute atomic E-state index is 0.115. The lowest BCUT2D eigenvalue weighted by molar-refractivity contribution is 0.0947. The van der Waals surface area contributed by atoms with Gasteiger partial charge in [0.15, 0.2) is 5.13 Å². The molecule has 2 aromatic carbocycles. The molecule has 2 heterocycles. The fraction of sp³-hybridized carbons (Fsp3) is 0.308. The number of nitrogens with zero attached hydrogens (tertiary/aromatic N) is 4. The van der Waals surface area contributed by atoms with E-state index in [1.165, 1.54) is 64.2 Å². The molecule has 8 nitrogen and oxygen atoms in total. The molecule has 1 N–H and O–H groups in total. The summed E-state index contributed by atoms with van der Waals surface area (Å²) in [6.07, 6.45) is 3.04. The molecule has 1 aromatic heterocycles. The Bertz CT molecular complexity index is 1360. The number of halogens is 1. The molecule has 0 aliphatic carbocycles. The monoisotopic (exact) mass is 543 g/mol. The number of amides is 1. The fourth-order valence-corrected chi connectivity index (χ4v) is 6.52. The topological polar surface area (TPSA) is 85.8 Å². The Labute approximate surface area is 220 Å². The zero-order valence-corrected chi connectivity index (χ0v) is 22.1. The van der Waals surface area contributed by atoms with E-state index in [0.717, 1.165) is 41.5 Å². The minimum Gasteiger partial charge on any atom is -0.351 e. The van der Waals surface area contributed by atoms with Crippen LogP contribution in [-0.2, 0) is 10.0 Å². The Balaban J connectivity index is 1.25. The maximum absolute atomic E-state index is 13.5. The van der Waals surface area contributed by atoms with Gasteiger partial charge in [0.2, 0.25) is 10.0 Å². The highest BCUT2D eigenvalue weighted by atomic mass is 32.2. The average molecular weight is 544 g/mol. The van der Waals surface area contributed by atoms with Crippen molar-refractivity contribution in [3.8, 4) is 0 Å². The van der Waals surface area contributed by atoms with Crippen molar-refractivity contribution in [2.24, 2.45) is 0 Å². The molecule has 0 bridgehead atoms. The van der Waals surface area contributed by atoms with E-state index in [1.54, 1.807) is 6.07 Å². The fourth-order valence-electron chi connectivity index (χ4n) is 4.10. The van der Waals surface area contributed by atoms with Crippen molar-refractivity contribution in [1.82, 2.24) is 19.5 Å². The first-order chi connectivity index (χ1) is 17.8. The van der Waals surface area contributed by atoms with Crippen LogP contribution in [0.4, 0.5) is 9.52 Å². The molecule has 37 heavy (non-hydrogen) atoms.